The molecule has 1 aliphatic rings. The molecule has 0 aliphatic carbocycles. The number of carbonyl (C=O) groups excluding carboxylic acids is 6. The van der Waals surface area contributed by atoms with Crippen LogP contribution in [0.2, 0.25) is 0 Å². The van der Waals surface area contributed by atoms with Crippen molar-refractivity contribution in [3.8, 4) is 0 Å². The molecule has 0 aromatic rings. The number of amides is 6. The Balaban J connectivity index is 3.54. The number of carboxylic acid groups (broad SMARTS) is 1. The Morgan fingerprint density at radius 1 is 1.07 bits per heavy atom. The van der Waals surface area contributed by atoms with Gasteiger partial charge in [0.1, 0.15) is 24.2 Å². The van der Waals surface area contributed by atoms with E-state index in [1.54, 1.807) is 13.8 Å². The van der Waals surface area contributed by atoms with E-state index in [9.17, 15) is 38.7 Å². The molecular weight excluding hydrogens is 606 g/mol. The first-order chi connectivity index (χ1) is 19.9. The standard InChI is InChI=1S/C24H41N9O8S2/c1-12(34)30-13-11-42-43-24(2,3)18(19(25)38)31-21(40)15(9-17(36)37)32(4)16(35)10-29-20(39)14(33(5)22(13)41)7-6-8-28-23(26)27/h13-15,18H,6-11H2,1-5H3,(H2,25,38)(H,29,39)(H,30,34)(H,31,40)(H,36,37)(H4,26,27,28)/t13-,14-,15-,18+/m0/s1. The van der Waals surface area contributed by atoms with Crippen LogP contribution in [0.5, 0.6) is 0 Å². The molecule has 242 valence electrons. The number of carbonyl (C=O) groups is 7. The van der Waals surface area contributed by atoms with Crippen molar-refractivity contribution in [2.45, 2.75) is 68.9 Å². The average Bonchev–Trinajstić information content (AvgIpc) is 2.89. The lowest BCUT2D eigenvalue weighted by Crippen LogP contribution is -2.60. The van der Waals surface area contributed by atoms with Gasteiger partial charge in [0.05, 0.1) is 13.0 Å². The molecule has 1 rings (SSSR count). The Labute approximate surface area is 257 Å². The van der Waals surface area contributed by atoms with E-state index in [0.717, 1.165) is 31.4 Å². The fourth-order valence-electron chi connectivity index (χ4n) is 4.09. The van der Waals surface area contributed by atoms with E-state index in [4.69, 9.17) is 17.2 Å². The van der Waals surface area contributed by atoms with Crippen LogP contribution in [-0.4, -0.2) is 124 Å². The summed E-state index contributed by atoms with van der Waals surface area (Å²) < 4.78 is -1.10. The molecule has 4 atom stereocenters. The zero-order valence-electron chi connectivity index (χ0n) is 24.7. The SMILES string of the molecule is CC(=O)N[C@H]1CSSC(C)(C)[C@@H](C(N)=O)NC(=O)[C@H](CC(=O)O)N(C)C(=O)CNC(=O)[C@H](CCCN=C(N)N)N(C)C1=O. The van der Waals surface area contributed by atoms with Crippen molar-refractivity contribution in [3.63, 3.8) is 0 Å². The van der Waals surface area contributed by atoms with Crippen LogP contribution in [0.25, 0.3) is 0 Å². The lowest BCUT2D eigenvalue weighted by atomic mass is 10.0. The van der Waals surface area contributed by atoms with Crippen LogP contribution >= 0.6 is 21.6 Å². The van der Waals surface area contributed by atoms with Gasteiger partial charge >= 0.3 is 5.97 Å². The summed E-state index contributed by atoms with van der Waals surface area (Å²) in [5, 5.41) is 16.9. The number of nitrogens with two attached hydrogens (primary N) is 3. The number of nitrogens with one attached hydrogen (secondary N) is 3. The van der Waals surface area contributed by atoms with Gasteiger partial charge in [0, 0.05) is 38.1 Å². The van der Waals surface area contributed by atoms with Crippen molar-refractivity contribution < 1.29 is 38.7 Å². The predicted molar refractivity (Wildman–Crippen MR) is 161 cm³/mol. The first-order valence-corrected chi connectivity index (χ1v) is 15.5. The van der Waals surface area contributed by atoms with Crippen molar-refractivity contribution in [2.24, 2.45) is 22.2 Å². The maximum absolute atomic E-state index is 13.5. The highest BCUT2D eigenvalue weighted by Gasteiger charge is 2.40. The number of nitrogens with zero attached hydrogens (tertiary/aromatic N) is 3. The number of rotatable bonds is 8. The topological polar surface area (TPSA) is 273 Å². The lowest BCUT2D eigenvalue weighted by Gasteiger charge is -2.34. The fraction of sp³-hybridized carbons (Fsp3) is 0.667. The zero-order chi connectivity index (χ0) is 33.1. The maximum Gasteiger partial charge on any atom is 0.305 e. The number of hydrogen-bond donors (Lipinski definition) is 7. The summed E-state index contributed by atoms with van der Waals surface area (Å²) in [5.74, 6) is -6.04. The van der Waals surface area contributed by atoms with E-state index in [1.807, 2.05) is 0 Å². The molecule has 0 saturated carbocycles. The molecule has 17 nitrogen and oxygen atoms in total. The van der Waals surface area contributed by atoms with Gasteiger partial charge in [-0.05, 0) is 26.7 Å². The van der Waals surface area contributed by atoms with Crippen LogP contribution in [0.1, 0.15) is 40.0 Å². The van der Waals surface area contributed by atoms with Gasteiger partial charge in [0.25, 0.3) is 0 Å². The zero-order valence-corrected chi connectivity index (χ0v) is 26.4. The Morgan fingerprint density at radius 2 is 1.70 bits per heavy atom. The number of aliphatic carboxylic acids is 1. The molecule has 0 radical (unpaired) electrons. The van der Waals surface area contributed by atoms with Gasteiger partial charge in [-0.15, -0.1) is 0 Å². The smallest absolute Gasteiger partial charge is 0.305 e. The van der Waals surface area contributed by atoms with Gasteiger partial charge in [-0.25, -0.2) is 0 Å². The van der Waals surface area contributed by atoms with Gasteiger partial charge in [-0.1, -0.05) is 21.6 Å². The number of primary amides is 1. The third-order valence-electron chi connectivity index (χ3n) is 6.44. The first-order valence-electron chi connectivity index (χ1n) is 13.1. The van der Waals surface area contributed by atoms with E-state index in [1.165, 1.54) is 21.0 Å². The molecule has 1 heterocycles. The molecule has 0 spiro atoms. The lowest BCUT2D eigenvalue weighted by molar-refractivity contribution is -0.146. The van der Waals surface area contributed by atoms with Crippen LogP contribution in [0.4, 0.5) is 0 Å². The molecule has 1 saturated heterocycles. The summed E-state index contributed by atoms with van der Waals surface area (Å²) >= 11 is 0. The first kappa shape index (κ1) is 37.3. The minimum Gasteiger partial charge on any atom is -0.481 e. The number of likely N-dealkylation sites (N-methyl/N-ethyl adjacent to an activating group) is 2. The Kier molecular flexibility index (Phi) is 14.6. The van der Waals surface area contributed by atoms with E-state index in [-0.39, 0.29) is 31.1 Å². The van der Waals surface area contributed by atoms with Crippen molar-refractivity contribution in [1.82, 2.24) is 25.8 Å². The highest BCUT2D eigenvalue weighted by Crippen LogP contribution is 2.38. The number of aliphatic imine (C=N–C) groups is 1. The molecule has 6 amide bonds. The van der Waals surface area contributed by atoms with Crippen molar-refractivity contribution in [2.75, 3.05) is 32.9 Å². The van der Waals surface area contributed by atoms with Crippen molar-refractivity contribution >= 4 is 69.0 Å². The molecule has 43 heavy (non-hydrogen) atoms. The summed E-state index contributed by atoms with van der Waals surface area (Å²) in [6, 6.07) is -5.07. The van der Waals surface area contributed by atoms with Gasteiger partial charge in [0.2, 0.25) is 35.4 Å². The monoisotopic (exact) mass is 647 g/mol. The highest BCUT2D eigenvalue weighted by atomic mass is 33.1. The second-order valence-electron chi connectivity index (χ2n) is 10.3. The molecule has 1 fully saturated rings. The average molecular weight is 648 g/mol. The summed E-state index contributed by atoms with van der Waals surface area (Å²) in [4.78, 5) is 94.8. The van der Waals surface area contributed by atoms with Crippen molar-refractivity contribution in [3.05, 3.63) is 0 Å². The molecule has 1 aliphatic heterocycles. The molecule has 0 bridgehead atoms. The molecular formula is C24H41N9O8S2. The molecule has 0 aromatic heterocycles. The second kappa shape index (κ2) is 16.8. The van der Waals surface area contributed by atoms with E-state index in [0.29, 0.717) is 0 Å². The predicted octanol–water partition coefficient (Wildman–Crippen LogP) is -3.07. The minimum absolute atomic E-state index is 0.00147. The van der Waals surface area contributed by atoms with Crippen LogP contribution < -0.4 is 33.2 Å². The number of carboxylic acids is 1. The molecule has 10 N–H and O–H groups in total. The van der Waals surface area contributed by atoms with E-state index >= 15 is 0 Å². The highest BCUT2D eigenvalue weighted by molar-refractivity contribution is 8.77. The number of guanidine groups is 1. The summed E-state index contributed by atoms with van der Waals surface area (Å²) in [6.07, 6.45) is -0.430. The van der Waals surface area contributed by atoms with Gasteiger partial charge < -0.3 is 48.1 Å². The second-order valence-corrected chi connectivity index (χ2v) is 13.3. The maximum atomic E-state index is 13.5. The fourth-order valence-corrected chi connectivity index (χ4v) is 6.91. The third kappa shape index (κ3) is 11.8. The summed E-state index contributed by atoms with van der Waals surface area (Å²) in [5.41, 5.74) is 16.3. The van der Waals surface area contributed by atoms with Crippen LogP contribution in [0.15, 0.2) is 4.99 Å². The Morgan fingerprint density at radius 3 is 2.23 bits per heavy atom. The van der Waals surface area contributed by atoms with Crippen LogP contribution in [0, 0.1) is 0 Å². The minimum atomic E-state index is -1.54. The molecule has 19 heteroatoms. The van der Waals surface area contributed by atoms with Crippen LogP contribution in [-0.2, 0) is 33.6 Å². The third-order valence-corrected chi connectivity index (χ3v) is 9.75. The largest absolute Gasteiger partial charge is 0.481 e. The van der Waals surface area contributed by atoms with E-state index < -0.39 is 83.3 Å². The summed E-state index contributed by atoms with van der Waals surface area (Å²) in [7, 11) is 4.76. The van der Waals surface area contributed by atoms with Crippen molar-refractivity contribution in [1.29, 1.82) is 0 Å². The summed E-state index contributed by atoms with van der Waals surface area (Å²) in [6.45, 7) is 3.94. The Hall–Kier alpha value is -3.74. The molecule has 0 unspecified atom stereocenters. The van der Waals surface area contributed by atoms with Crippen LogP contribution in [0.3, 0.4) is 0 Å². The number of hydrogen-bond acceptors (Lipinski definition) is 10. The quantitative estimate of drug-likeness (QED) is 0.0599. The van der Waals surface area contributed by atoms with Gasteiger partial charge in [0.15, 0.2) is 5.96 Å². The van der Waals surface area contributed by atoms with Gasteiger partial charge in [-0.3, -0.25) is 38.6 Å². The van der Waals surface area contributed by atoms with Gasteiger partial charge in [-0.2, -0.15) is 0 Å². The normalized spacial score (nSPS) is 24.3. The Bertz CT molecular complexity index is 1120. The molecule has 0 aromatic carbocycles. The van der Waals surface area contributed by atoms with E-state index in [2.05, 4.69) is 20.9 Å².